The minimum Gasteiger partial charge on any atom is -0.456 e. The van der Waals surface area contributed by atoms with E-state index in [-0.39, 0.29) is 5.91 Å². The van der Waals surface area contributed by atoms with Crippen LogP contribution in [0.25, 0.3) is 21.8 Å². The van der Waals surface area contributed by atoms with Crippen molar-refractivity contribution in [3.63, 3.8) is 0 Å². The van der Waals surface area contributed by atoms with Gasteiger partial charge in [0, 0.05) is 61.6 Å². The average molecular weight is 554 g/mol. The highest BCUT2D eigenvalue weighted by atomic mass is 35.5. The smallest absolute Gasteiger partial charge is 0.256 e. The molecule has 0 spiro atoms. The lowest BCUT2D eigenvalue weighted by atomic mass is 10.0. The third-order valence-electron chi connectivity index (χ3n) is 7.71. The maximum atomic E-state index is 13.5. The number of ether oxygens (including phenoxy) is 1. The van der Waals surface area contributed by atoms with Crippen LogP contribution in [-0.2, 0) is 6.54 Å². The van der Waals surface area contributed by atoms with Crippen molar-refractivity contribution in [1.82, 2.24) is 19.8 Å². The Kier molecular flexibility index (Phi) is 7.43. The molecule has 0 radical (unpaired) electrons. The number of rotatable bonds is 7. The molecule has 1 fully saturated rings. The van der Waals surface area contributed by atoms with Crippen molar-refractivity contribution in [1.29, 1.82) is 0 Å². The van der Waals surface area contributed by atoms with Crippen LogP contribution in [0.5, 0.6) is 11.5 Å². The van der Waals surface area contributed by atoms with Crippen molar-refractivity contribution in [2.24, 2.45) is 0 Å². The van der Waals surface area contributed by atoms with E-state index in [1.807, 2.05) is 48.5 Å². The van der Waals surface area contributed by atoms with Crippen molar-refractivity contribution in [2.75, 3.05) is 38.0 Å². The standard InChI is InChI=1S/C32H32ClN5O2/c1-3-37-14-16-38(17-15-37)20-22-10-11-23(18-21(22)2)35-32(39)26-8-4-7-25-24(26)6-5-9-28(25)40-29-19-30(33)36-31-27(29)12-13-34-31/h4-13,18-19H,3,14-17,20H2,1-2H3,(H,34,36)(H,35,39). The number of benzene rings is 3. The summed E-state index contributed by atoms with van der Waals surface area (Å²) in [6.45, 7) is 10.8. The summed E-state index contributed by atoms with van der Waals surface area (Å²) in [5.74, 6) is 1.07. The number of piperazine rings is 1. The molecule has 1 aliphatic heterocycles. The van der Waals surface area contributed by atoms with Gasteiger partial charge in [0.2, 0.25) is 0 Å². The predicted molar refractivity (Wildman–Crippen MR) is 162 cm³/mol. The van der Waals surface area contributed by atoms with Crippen LogP contribution in [0.3, 0.4) is 0 Å². The number of hydrogen-bond acceptors (Lipinski definition) is 5. The molecule has 0 atom stereocenters. The van der Waals surface area contributed by atoms with E-state index in [9.17, 15) is 4.79 Å². The molecule has 3 heterocycles. The molecule has 2 aromatic heterocycles. The molecule has 1 aliphatic rings. The number of anilines is 1. The largest absolute Gasteiger partial charge is 0.456 e. The quantitative estimate of drug-likeness (QED) is 0.215. The van der Waals surface area contributed by atoms with Crippen LogP contribution in [0.2, 0.25) is 5.15 Å². The molecule has 0 saturated carbocycles. The average Bonchev–Trinajstić information content (AvgIpc) is 3.43. The number of carbonyl (C=O) groups is 1. The zero-order chi connectivity index (χ0) is 27.6. The summed E-state index contributed by atoms with van der Waals surface area (Å²) >= 11 is 6.22. The van der Waals surface area contributed by atoms with Gasteiger partial charge in [0.1, 0.15) is 22.3 Å². The molecule has 8 heteroatoms. The van der Waals surface area contributed by atoms with Crippen molar-refractivity contribution in [2.45, 2.75) is 20.4 Å². The van der Waals surface area contributed by atoms with E-state index in [0.717, 1.165) is 61.1 Å². The Morgan fingerprint density at radius 1 is 0.950 bits per heavy atom. The van der Waals surface area contributed by atoms with Crippen LogP contribution >= 0.6 is 11.6 Å². The Morgan fingerprint density at radius 2 is 1.73 bits per heavy atom. The highest BCUT2D eigenvalue weighted by molar-refractivity contribution is 6.30. The van der Waals surface area contributed by atoms with Gasteiger partial charge in [-0.2, -0.15) is 0 Å². The molecule has 1 amide bonds. The van der Waals surface area contributed by atoms with Gasteiger partial charge in [-0.05, 0) is 60.3 Å². The minimum atomic E-state index is -0.162. The second-order valence-corrected chi connectivity index (χ2v) is 10.6. The molecule has 0 bridgehead atoms. The molecular weight excluding hydrogens is 522 g/mol. The lowest BCUT2D eigenvalue weighted by Gasteiger charge is -2.34. The fourth-order valence-corrected chi connectivity index (χ4v) is 5.59. The second kappa shape index (κ2) is 11.3. The normalized spacial score (nSPS) is 14.6. The minimum absolute atomic E-state index is 0.162. The Bertz CT molecular complexity index is 1690. The summed E-state index contributed by atoms with van der Waals surface area (Å²) in [5.41, 5.74) is 4.49. The molecule has 40 heavy (non-hydrogen) atoms. The highest BCUT2D eigenvalue weighted by Gasteiger charge is 2.18. The van der Waals surface area contributed by atoms with Crippen LogP contribution in [0.15, 0.2) is 72.9 Å². The predicted octanol–water partition coefficient (Wildman–Crippen LogP) is 6.86. The van der Waals surface area contributed by atoms with E-state index in [0.29, 0.717) is 27.9 Å². The number of likely N-dealkylation sites (N-methyl/N-ethyl adjacent to an activating group) is 1. The fourth-order valence-electron chi connectivity index (χ4n) is 5.40. The number of H-pyrrole nitrogens is 1. The zero-order valence-electron chi connectivity index (χ0n) is 22.7. The van der Waals surface area contributed by atoms with Gasteiger partial charge >= 0.3 is 0 Å². The molecule has 5 aromatic rings. The van der Waals surface area contributed by atoms with Gasteiger partial charge in [-0.1, -0.05) is 48.9 Å². The number of aryl methyl sites for hydroxylation is 1. The van der Waals surface area contributed by atoms with Crippen molar-refractivity contribution in [3.05, 3.63) is 94.8 Å². The van der Waals surface area contributed by atoms with E-state index >= 15 is 0 Å². The molecule has 204 valence electrons. The lowest BCUT2D eigenvalue weighted by Crippen LogP contribution is -2.45. The summed E-state index contributed by atoms with van der Waals surface area (Å²) in [7, 11) is 0. The first kappa shape index (κ1) is 26.3. The number of pyridine rings is 1. The number of aromatic amines is 1. The molecule has 6 rings (SSSR count). The molecule has 1 saturated heterocycles. The van der Waals surface area contributed by atoms with Gasteiger partial charge in [0.25, 0.3) is 5.91 Å². The van der Waals surface area contributed by atoms with Crippen molar-refractivity contribution in [3.8, 4) is 11.5 Å². The Labute approximate surface area is 238 Å². The van der Waals surface area contributed by atoms with Gasteiger partial charge in [0.05, 0.1) is 5.39 Å². The first-order valence-corrected chi connectivity index (χ1v) is 14.0. The van der Waals surface area contributed by atoms with Crippen LogP contribution in [0.4, 0.5) is 5.69 Å². The molecule has 3 aromatic carbocycles. The number of hydrogen-bond donors (Lipinski definition) is 2. The number of amides is 1. The summed E-state index contributed by atoms with van der Waals surface area (Å²) < 4.78 is 6.32. The molecule has 0 unspecified atom stereocenters. The first-order valence-electron chi connectivity index (χ1n) is 13.7. The first-order chi connectivity index (χ1) is 19.5. The van der Waals surface area contributed by atoms with Gasteiger partial charge in [-0.3, -0.25) is 9.69 Å². The molecule has 7 nitrogen and oxygen atoms in total. The van der Waals surface area contributed by atoms with Crippen LogP contribution in [-0.4, -0.2) is 58.4 Å². The van der Waals surface area contributed by atoms with Gasteiger partial charge in [-0.25, -0.2) is 4.98 Å². The summed E-state index contributed by atoms with van der Waals surface area (Å²) in [6.07, 6.45) is 1.80. The topological polar surface area (TPSA) is 73.5 Å². The second-order valence-electron chi connectivity index (χ2n) is 10.2. The van der Waals surface area contributed by atoms with E-state index in [1.54, 1.807) is 12.3 Å². The van der Waals surface area contributed by atoms with Crippen molar-refractivity contribution < 1.29 is 9.53 Å². The van der Waals surface area contributed by atoms with E-state index in [4.69, 9.17) is 16.3 Å². The van der Waals surface area contributed by atoms with Crippen LogP contribution < -0.4 is 10.1 Å². The van der Waals surface area contributed by atoms with E-state index < -0.39 is 0 Å². The molecular formula is C32H32ClN5O2. The van der Waals surface area contributed by atoms with Gasteiger partial charge in [-0.15, -0.1) is 0 Å². The fraction of sp³-hybridized carbons (Fsp3) is 0.250. The Hall–Kier alpha value is -3.91. The van der Waals surface area contributed by atoms with E-state index in [1.165, 1.54) is 11.1 Å². The Balaban J connectivity index is 1.21. The monoisotopic (exact) mass is 553 g/mol. The Morgan fingerprint density at radius 3 is 2.52 bits per heavy atom. The van der Waals surface area contributed by atoms with Gasteiger partial charge in [0.15, 0.2) is 0 Å². The number of nitrogens with zero attached hydrogens (tertiary/aromatic N) is 3. The summed E-state index contributed by atoms with van der Waals surface area (Å²) in [4.78, 5) is 25.8. The molecule has 2 N–H and O–H groups in total. The number of fused-ring (bicyclic) bond motifs is 2. The number of aromatic nitrogens is 2. The maximum Gasteiger partial charge on any atom is 0.256 e. The third kappa shape index (κ3) is 5.41. The number of nitrogens with one attached hydrogen (secondary N) is 2. The van der Waals surface area contributed by atoms with Crippen LogP contribution in [0, 0.1) is 6.92 Å². The maximum absolute atomic E-state index is 13.5. The van der Waals surface area contributed by atoms with Crippen LogP contribution in [0.1, 0.15) is 28.4 Å². The SMILES string of the molecule is CCN1CCN(Cc2ccc(NC(=O)c3cccc4c(Oc5cc(Cl)nc6[nH]ccc56)cccc34)cc2C)CC1. The summed E-state index contributed by atoms with van der Waals surface area (Å²) in [5, 5.41) is 5.91. The zero-order valence-corrected chi connectivity index (χ0v) is 23.5. The molecule has 0 aliphatic carbocycles. The number of halogens is 1. The van der Waals surface area contributed by atoms with Gasteiger partial charge < -0.3 is 19.9 Å². The number of carbonyl (C=O) groups excluding carboxylic acids is 1. The van der Waals surface area contributed by atoms with Crippen molar-refractivity contribution >= 4 is 45.0 Å². The highest BCUT2D eigenvalue weighted by Crippen LogP contribution is 2.36. The lowest BCUT2D eigenvalue weighted by molar-refractivity contribution is 0.102. The third-order valence-corrected chi connectivity index (χ3v) is 7.91. The summed E-state index contributed by atoms with van der Waals surface area (Å²) in [6, 6.07) is 21.2. The van der Waals surface area contributed by atoms with E-state index in [2.05, 4.69) is 51.1 Å².